The minimum atomic E-state index is 0.939. The maximum atomic E-state index is 2.26. The molecular formula is C16H15N. The van der Waals surface area contributed by atoms with Gasteiger partial charge in [-0.1, -0.05) is 48.5 Å². The minimum absolute atomic E-state index is 0.939. The van der Waals surface area contributed by atoms with Gasteiger partial charge in [0.1, 0.15) is 0 Å². The molecule has 0 saturated heterocycles. The van der Waals surface area contributed by atoms with Gasteiger partial charge in [-0.25, -0.2) is 0 Å². The van der Waals surface area contributed by atoms with Crippen LogP contribution in [-0.4, -0.2) is 4.57 Å². The largest absolute Gasteiger partial charge is 0.349 e. The second-order valence-electron chi connectivity index (χ2n) is 4.49. The molecule has 0 saturated carbocycles. The number of aryl methyl sites for hydroxylation is 1. The fourth-order valence-corrected chi connectivity index (χ4v) is 2.26. The number of hydrogen-bond acceptors (Lipinski definition) is 0. The maximum absolute atomic E-state index is 2.26. The molecule has 17 heavy (non-hydrogen) atoms. The zero-order valence-corrected chi connectivity index (χ0v) is 9.93. The van der Waals surface area contributed by atoms with Crippen molar-refractivity contribution in [2.24, 2.45) is 0 Å². The quantitative estimate of drug-likeness (QED) is 0.616. The molecule has 3 rings (SSSR count). The Labute approximate surface area is 101 Å². The smallest absolute Gasteiger partial charge is 0.0470 e. The zero-order valence-electron chi connectivity index (χ0n) is 9.93. The second kappa shape index (κ2) is 4.10. The number of hydrogen-bond donors (Lipinski definition) is 0. The molecule has 0 spiro atoms. The lowest BCUT2D eigenvalue weighted by molar-refractivity contribution is 0.810. The van der Waals surface area contributed by atoms with Crippen LogP contribution in [0.15, 0.2) is 60.9 Å². The summed E-state index contributed by atoms with van der Waals surface area (Å²) < 4.78 is 2.26. The van der Waals surface area contributed by atoms with Gasteiger partial charge in [-0.2, -0.15) is 0 Å². The average Bonchev–Trinajstić information content (AvgIpc) is 2.74. The first-order chi connectivity index (χ1) is 8.33. The van der Waals surface area contributed by atoms with E-state index in [1.807, 2.05) is 0 Å². The molecule has 84 valence electrons. The highest BCUT2D eigenvalue weighted by Gasteiger charge is 2.01. The van der Waals surface area contributed by atoms with Crippen LogP contribution in [0.1, 0.15) is 11.1 Å². The number of aromatic nitrogens is 1. The lowest BCUT2D eigenvalue weighted by Crippen LogP contribution is -1.94. The molecule has 0 atom stereocenters. The molecule has 0 bridgehead atoms. The molecule has 1 nitrogen and oxygen atoms in total. The van der Waals surface area contributed by atoms with Crippen LogP contribution in [0.25, 0.3) is 10.8 Å². The lowest BCUT2D eigenvalue weighted by Gasteiger charge is -2.01. The fraction of sp³-hybridized carbons (Fsp3) is 0.125. The highest BCUT2D eigenvalue weighted by atomic mass is 14.9. The Balaban J connectivity index is 1.99. The summed E-state index contributed by atoms with van der Waals surface area (Å²) in [5, 5.41) is 2.67. The molecule has 0 N–H and O–H groups in total. The molecule has 0 unspecified atom stereocenters. The first-order valence-corrected chi connectivity index (χ1v) is 5.92. The van der Waals surface area contributed by atoms with Gasteiger partial charge in [-0.05, 0) is 23.4 Å². The van der Waals surface area contributed by atoms with Crippen molar-refractivity contribution >= 4 is 10.8 Å². The summed E-state index contributed by atoms with van der Waals surface area (Å²) in [6.07, 6.45) is 4.45. The van der Waals surface area contributed by atoms with Crippen molar-refractivity contribution in [1.29, 1.82) is 0 Å². The van der Waals surface area contributed by atoms with E-state index >= 15 is 0 Å². The normalized spacial score (nSPS) is 10.9. The molecule has 0 amide bonds. The fourth-order valence-electron chi connectivity index (χ4n) is 2.26. The Kier molecular flexibility index (Phi) is 2.45. The Morgan fingerprint density at radius 1 is 0.882 bits per heavy atom. The number of benzene rings is 2. The van der Waals surface area contributed by atoms with Crippen LogP contribution in [0.5, 0.6) is 0 Å². The summed E-state index contributed by atoms with van der Waals surface area (Å²) in [6, 6.07) is 17.0. The van der Waals surface area contributed by atoms with E-state index < -0.39 is 0 Å². The summed E-state index contributed by atoms with van der Waals surface area (Å²) in [7, 11) is 0. The molecule has 1 aromatic heterocycles. The summed E-state index contributed by atoms with van der Waals surface area (Å²) in [5.41, 5.74) is 2.68. The third-order valence-electron chi connectivity index (χ3n) is 3.17. The Morgan fingerprint density at radius 2 is 1.71 bits per heavy atom. The summed E-state index contributed by atoms with van der Waals surface area (Å²) >= 11 is 0. The molecule has 0 aliphatic heterocycles. The van der Waals surface area contributed by atoms with Crippen molar-refractivity contribution in [3.05, 3.63) is 72.1 Å². The van der Waals surface area contributed by atoms with Crippen LogP contribution in [0.3, 0.4) is 0 Å². The topological polar surface area (TPSA) is 4.93 Å². The Hall–Kier alpha value is -2.02. The Morgan fingerprint density at radius 3 is 2.47 bits per heavy atom. The van der Waals surface area contributed by atoms with Gasteiger partial charge >= 0.3 is 0 Å². The van der Waals surface area contributed by atoms with Gasteiger partial charge in [0, 0.05) is 24.3 Å². The molecular weight excluding hydrogens is 206 g/mol. The molecule has 0 fully saturated rings. The van der Waals surface area contributed by atoms with Gasteiger partial charge in [-0.15, -0.1) is 0 Å². The van der Waals surface area contributed by atoms with Crippen LogP contribution >= 0.6 is 0 Å². The van der Waals surface area contributed by atoms with E-state index in [0.29, 0.717) is 0 Å². The average molecular weight is 221 g/mol. The summed E-state index contributed by atoms with van der Waals surface area (Å²) in [6.45, 7) is 3.10. The van der Waals surface area contributed by atoms with Crippen molar-refractivity contribution in [1.82, 2.24) is 4.57 Å². The van der Waals surface area contributed by atoms with E-state index in [1.54, 1.807) is 0 Å². The van der Waals surface area contributed by atoms with E-state index in [1.165, 1.54) is 21.9 Å². The Bertz CT molecular complexity index is 635. The van der Waals surface area contributed by atoms with E-state index in [9.17, 15) is 0 Å². The first-order valence-electron chi connectivity index (χ1n) is 5.92. The van der Waals surface area contributed by atoms with Crippen molar-refractivity contribution in [2.75, 3.05) is 0 Å². The second-order valence-corrected chi connectivity index (χ2v) is 4.49. The summed E-state index contributed by atoms with van der Waals surface area (Å²) in [5.74, 6) is 0. The molecule has 2 aromatic carbocycles. The van der Waals surface area contributed by atoms with E-state index in [0.717, 1.165) is 6.54 Å². The molecule has 3 aromatic rings. The van der Waals surface area contributed by atoms with E-state index in [-0.39, 0.29) is 0 Å². The molecule has 0 aliphatic rings. The van der Waals surface area contributed by atoms with Gasteiger partial charge < -0.3 is 4.57 Å². The van der Waals surface area contributed by atoms with Gasteiger partial charge in [0.15, 0.2) is 0 Å². The van der Waals surface area contributed by atoms with Gasteiger partial charge in [0.05, 0.1) is 0 Å². The standard InChI is InChI=1S/C16H15N/c1-13-6-5-9-15-11-17(12-16(13)15)10-14-7-3-2-4-8-14/h2-9,11-12H,10H2,1H3. The van der Waals surface area contributed by atoms with Crippen molar-refractivity contribution in [3.63, 3.8) is 0 Å². The third kappa shape index (κ3) is 1.96. The van der Waals surface area contributed by atoms with Gasteiger partial charge in [0.2, 0.25) is 0 Å². The first kappa shape index (κ1) is 10.2. The van der Waals surface area contributed by atoms with Crippen LogP contribution in [-0.2, 0) is 6.54 Å². The molecule has 0 aliphatic carbocycles. The SMILES string of the molecule is Cc1cccc2cn(Cc3ccccc3)cc12. The van der Waals surface area contributed by atoms with Gasteiger partial charge in [-0.3, -0.25) is 0 Å². The summed E-state index contributed by atoms with van der Waals surface area (Å²) in [4.78, 5) is 0. The maximum Gasteiger partial charge on any atom is 0.0470 e. The molecule has 1 heterocycles. The molecule has 0 radical (unpaired) electrons. The van der Waals surface area contributed by atoms with Crippen LogP contribution in [0.2, 0.25) is 0 Å². The van der Waals surface area contributed by atoms with Crippen molar-refractivity contribution in [3.8, 4) is 0 Å². The number of rotatable bonds is 2. The van der Waals surface area contributed by atoms with E-state index in [2.05, 4.69) is 72.4 Å². The monoisotopic (exact) mass is 221 g/mol. The van der Waals surface area contributed by atoms with Crippen LogP contribution in [0, 0.1) is 6.92 Å². The number of fused-ring (bicyclic) bond motifs is 1. The van der Waals surface area contributed by atoms with Crippen LogP contribution < -0.4 is 0 Å². The highest BCUT2D eigenvalue weighted by molar-refractivity contribution is 5.85. The molecule has 1 heteroatoms. The predicted octanol–water partition coefficient (Wildman–Crippen LogP) is 4.00. The highest BCUT2D eigenvalue weighted by Crippen LogP contribution is 2.19. The van der Waals surface area contributed by atoms with E-state index in [4.69, 9.17) is 0 Å². The minimum Gasteiger partial charge on any atom is -0.349 e. The third-order valence-corrected chi connectivity index (χ3v) is 3.17. The number of nitrogens with zero attached hydrogens (tertiary/aromatic N) is 1. The van der Waals surface area contributed by atoms with Crippen molar-refractivity contribution < 1.29 is 0 Å². The van der Waals surface area contributed by atoms with Gasteiger partial charge in [0.25, 0.3) is 0 Å². The predicted molar refractivity (Wildman–Crippen MR) is 72.2 cm³/mol. The zero-order chi connectivity index (χ0) is 11.7. The van der Waals surface area contributed by atoms with Crippen LogP contribution in [0.4, 0.5) is 0 Å². The lowest BCUT2D eigenvalue weighted by atomic mass is 10.1. The van der Waals surface area contributed by atoms with Crippen molar-refractivity contribution in [2.45, 2.75) is 13.5 Å².